The number of nitrogens with zero attached hydrogens (tertiary/aromatic N) is 5. The second-order valence-electron chi connectivity index (χ2n) is 9.20. The lowest BCUT2D eigenvalue weighted by Crippen LogP contribution is -2.64. The molecule has 2 aliphatic heterocycles. The monoisotopic (exact) mass is 485 g/mol. The SMILES string of the molecule is O=C(c1nccs1)N1CCN(C2CN(C(=O)c3cn(Cc4ccccc4)c4ccccc34)C2)CC1. The van der Waals surface area contributed by atoms with Crippen molar-refractivity contribution in [3.63, 3.8) is 0 Å². The van der Waals surface area contributed by atoms with Crippen molar-refractivity contribution < 1.29 is 9.59 Å². The molecule has 4 aromatic rings. The van der Waals surface area contributed by atoms with Crippen LogP contribution >= 0.6 is 11.3 Å². The Hall–Kier alpha value is -3.49. The molecule has 0 N–H and O–H groups in total. The Morgan fingerprint density at radius 3 is 2.37 bits per heavy atom. The summed E-state index contributed by atoms with van der Waals surface area (Å²) in [4.78, 5) is 36.4. The lowest BCUT2D eigenvalue weighted by molar-refractivity contribution is 0.00862. The molecule has 4 heterocycles. The second kappa shape index (κ2) is 9.28. The molecular weight excluding hydrogens is 458 g/mol. The van der Waals surface area contributed by atoms with Crippen molar-refractivity contribution in [2.75, 3.05) is 39.3 Å². The third kappa shape index (κ3) is 4.24. The van der Waals surface area contributed by atoms with Crippen LogP contribution in [-0.2, 0) is 6.54 Å². The topological polar surface area (TPSA) is 61.7 Å². The van der Waals surface area contributed by atoms with Gasteiger partial charge in [-0.2, -0.15) is 0 Å². The van der Waals surface area contributed by atoms with E-state index in [4.69, 9.17) is 0 Å². The summed E-state index contributed by atoms with van der Waals surface area (Å²) in [6.45, 7) is 5.28. The van der Waals surface area contributed by atoms with Crippen LogP contribution in [0.5, 0.6) is 0 Å². The molecule has 7 nitrogen and oxygen atoms in total. The van der Waals surface area contributed by atoms with Crippen LogP contribution in [0.2, 0.25) is 0 Å². The highest BCUT2D eigenvalue weighted by Crippen LogP contribution is 2.27. The van der Waals surface area contributed by atoms with Crippen LogP contribution in [0.3, 0.4) is 0 Å². The highest BCUT2D eigenvalue weighted by atomic mass is 32.1. The van der Waals surface area contributed by atoms with Crippen molar-refractivity contribution >= 4 is 34.1 Å². The standard InChI is InChI=1S/C27H27N5O2S/c33-26(23-19-31(16-20-6-2-1-3-7-20)24-9-5-4-8-22(23)24)32-17-21(18-32)29-11-13-30(14-12-29)27(34)25-28-10-15-35-25/h1-10,15,19,21H,11-14,16-18H2. The van der Waals surface area contributed by atoms with Gasteiger partial charge in [0.25, 0.3) is 11.8 Å². The van der Waals surface area contributed by atoms with E-state index in [1.165, 1.54) is 16.9 Å². The summed E-state index contributed by atoms with van der Waals surface area (Å²) in [5.41, 5.74) is 3.07. The number of aromatic nitrogens is 2. The summed E-state index contributed by atoms with van der Waals surface area (Å²) >= 11 is 1.39. The minimum absolute atomic E-state index is 0.0250. The van der Waals surface area contributed by atoms with Crippen LogP contribution in [-0.4, -0.2) is 81.4 Å². The number of fused-ring (bicyclic) bond motifs is 1. The van der Waals surface area contributed by atoms with Gasteiger partial charge in [-0.1, -0.05) is 48.5 Å². The summed E-state index contributed by atoms with van der Waals surface area (Å²) in [5, 5.41) is 3.40. The van der Waals surface area contributed by atoms with Gasteiger partial charge in [-0.15, -0.1) is 11.3 Å². The van der Waals surface area contributed by atoms with Crippen molar-refractivity contribution in [3.8, 4) is 0 Å². The van der Waals surface area contributed by atoms with Gasteiger partial charge < -0.3 is 14.4 Å². The van der Waals surface area contributed by atoms with Crippen molar-refractivity contribution in [1.29, 1.82) is 0 Å². The lowest BCUT2D eigenvalue weighted by atomic mass is 10.0. The van der Waals surface area contributed by atoms with Crippen molar-refractivity contribution in [3.05, 3.63) is 88.5 Å². The van der Waals surface area contributed by atoms with Gasteiger partial charge in [-0.05, 0) is 11.6 Å². The number of piperazine rings is 1. The number of benzene rings is 2. The van der Waals surface area contributed by atoms with E-state index < -0.39 is 0 Å². The molecule has 178 valence electrons. The Bertz CT molecular complexity index is 1340. The fourth-order valence-corrected chi connectivity index (χ4v) is 5.71. The summed E-state index contributed by atoms with van der Waals surface area (Å²) in [5.74, 6) is 0.124. The Balaban J connectivity index is 1.09. The lowest BCUT2D eigenvalue weighted by Gasteiger charge is -2.48. The molecule has 8 heteroatoms. The predicted octanol–water partition coefficient (Wildman–Crippen LogP) is 3.43. The summed E-state index contributed by atoms with van der Waals surface area (Å²) in [6, 6.07) is 18.8. The van der Waals surface area contributed by atoms with E-state index in [1.807, 2.05) is 57.8 Å². The van der Waals surface area contributed by atoms with E-state index >= 15 is 0 Å². The van der Waals surface area contributed by atoms with Gasteiger partial charge in [0.1, 0.15) is 0 Å². The quantitative estimate of drug-likeness (QED) is 0.435. The average Bonchev–Trinajstić information content (AvgIpc) is 3.53. The largest absolute Gasteiger partial charge is 0.342 e. The molecule has 2 fully saturated rings. The van der Waals surface area contributed by atoms with Gasteiger partial charge in [-0.3, -0.25) is 14.5 Å². The number of hydrogen-bond donors (Lipinski definition) is 0. The summed E-state index contributed by atoms with van der Waals surface area (Å²) in [7, 11) is 0. The van der Waals surface area contributed by atoms with Crippen molar-refractivity contribution in [2.24, 2.45) is 0 Å². The minimum atomic E-state index is 0.0250. The molecule has 0 unspecified atom stereocenters. The fraction of sp³-hybridized carbons (Fsp3) is 0.296. The molecule has 0 saturated carbocycles. The summed E-state index contributed by atoms with van der Waals surface area (Å²) in [6.07, 6.45) is 3.68. The first kappa shape index (κ1) is 22.0. The molecule has 35 heavy (non-hydrogen) atoms. The van der Waals surface area contributed by atoms with Crippen LogP contribution in [0.1, 0.15) is 25.7 Å². The third-order valence-corrected chi connectivity index (χ3v) is 7.86. The molecule has 0 radical (unpaired) electrons. The predicted molar refractivity (Wildman–Crippen MR) is 137 cm³/mol. The van der Waals surface area contributed by atoms with Crippen LogP contribution in [0.25, 0.3) is 10.9 Å². The van der Waals surface area contributed by atoms with E-state index in [0.29, 0.717) is 24.1 Å². The number of carbonyl (C=O) groups excluding carboxylic acids is 2. The van der Waals surface area contributed by atoms with E-state index in [0.717, 1.165) is 49.2 Å². The molecule has 2 aliphatic rings. The smallest absolute Gasteiger partial charge is 0.282 e. The third-order valence-electron chi connectivity index (χ3n) is 7.10. The Morgan fingerprint density at radius 1 is 0.886 bits per heavy atom. The number of amides is 2. The maximum Gasteiger partial charge on any atom is 0.282 e. The first-order chi connectivity index (χ1) is 17.2. The van der Waals surface area contributed by atoms with E-state index in [2.05, 4.69) is 32.7 Å². The number of para-hydroxylation sites is 1. The number of thiazole rings is 1. The number of rotatable bonds is 5. The van der Waals surface area contributed by atoms with Gasteiger partial charge in [0.05, 0.1) is 5.56 Å². The molecule has 0 atom stereocenters. The number of carbonyl (C=O) groups is 2. The Kier molecular flexibility index (Phi) is 5.83. The van der Waals surface area contributed by atoms with Gasteiger partial charge in [0, 0.05) is 80.5 Å². The minimum Gasteiger partial charge on any atom is -0.342 e. The fourth-order valence-electron chi connectivity index (χ4n) is 5.11. The van der Waals surface area contributed by atoms with E-state index in [1.54, 1.807) is 6.20 Å². The molecule has 0 spiro atoms. The Labute approximate surface area is 208 Å². The van der Waals surface area contributed by atoms with Crippen LogP contribution in [0.15, 0.2) is 72.4 Å². The number of hydrogen-bond acceptors (Lipinski definition) is 5. The van der Waals surface area contributed by atoms with Crippen LogP contribution < -0.4 is 0 Å². The highest BCUT2D eigenvalue weighted by molar-refractivity contribution is 7.11. The molecule has 2 aromatic carbocycles. The average molecular weight is 486 g/mol. The van der Waals surface area contributed by atoms with Gasteiger partial charge >= 0.3 is 0 Å². The number of likely N-dealkylation sites (tertiary alicyclic amines) is 1. The van der Waals surface area contributed by atoms with Crippen molar-refractivity contribution in [1.82, 2.24) is 24.3 Å². The van der Waals surface area contributed by atoms with E-state index in [9.17, 15) is 9.59 Å². The zero-order valence-corrected chi connectivity index (χ0v) is 20.2. The van der Waals surface area contributed by atoms with Crippen LogP contribution in [0, 0.1) is 0 Å². The van der Waals surface area contributed by atoms with Gasteiger partial charge in [0.15, 0.2) is 5.01 Å². The van der Waals surface area contributed by atoms with Crippen LogP contribution in [0.4, 0.5) is 0 Å². The molecule has 2 amide bonds. The molecule has 0 bridgehead atoms. The summed E-state index contributed by atoms with van der Waals surface area (Å²) < 4.78 is 2.17. The highest BCUT2D eigenvalue weighted by Gasteiger charge is 2.37. The zero-order chi connectivity index (χ0) is 23.8. The zero-order valence-electron chi connectivity index (χ0n) is 19.4. The molecular formula is C27H27N5O2S. The van der Waals surface area contributed by atoms with Crippen molar-refractivity contribution in [2.45, 2.75) is 12.6 Å². The maximum atomic E-state index is 13.4. The second-order valence-corrected chi connectivity index (χ2v) is 10.1. The molecule has 2 saturated heterocycles. The normalized spacial score (nSPS) is 17.0. The van der Waals surface area contributed by atoms with Gasteiger partial charge in [0.2, 0.25) is 0 Å². The molecule has 0 aliphatic carbocycles. The molecule has 6 rings (SSSR count). The maximum absolute atomic E-state index is 13.4. The first-order valence-electron chi connectivity index (χ1n) is 12.0. The van der Waals surface area contributed by atoms with Gasteiger partial charge in [-0.25, -0.2) is 4.98 Å². The Morgan fingerprint density at radius 2 is 1.63 bits per heavy atom. The molecule has 2 aromatic heterocycles. The van der Waals surface area contributed by atoms with E-state index in [-0.39, 0.29) is 11.8 Å². The first-order valence-corrected chi connectivity index (χ1v) is 12.9.